The van der Waals surface area contributed by atoms with E-state index >= 15 is 0 Å². The number of hydrogen-bond acceptors (Lipinski definition) is 3. The second kappa shape index (κ2) is 13.5. The van der Waals surface area contributed by atoms with Crippen LogP contribution in [0.4, 0.5) is 0 Å². The molecule has 2 atom stereocenters. The molecule has 0 saturated heterocycles. The number of benzene rings is 2. The van der Waals surface area contributed by atoms with Gasteiger partial charge in [-0.3, -0.25) is 0 Å². The van der Waals surface area contributed by atoms with E-state index < -0.39 is 0 Å². The van der Waals surface area contributed by atoms with Crippen molar-refractivity contribution in [3.8, 4) is 5.88 Å². The molecule has 0 saturated carbocycles. The summed E-state index contributed by atoms with van der Waals surface area (Å²) in [5.74, 6) is 1.13. The number of aromatic nitrogens is 1. The molecule has 0 amide bonds. The molecule has 4 heteroatoms. The number of rotatable bonds is 11. The maximum absolute atomic E-state index is 5.96. The molecule has 0 aliphatic heterocycles. The van der Waals surface area contributed by atoms with Crippen molar-refractivity contribution in [2.45, 2.75) is 31.1 Å². The van der Waals surface area contributed by atoms with Gasteiger partial charge < -0.3 is 9.64 Å². The highest BCUT2D eigenvalue weighted by molar-refractivity contribution is 9.11. The van der Waals surface area contributed by atoms with Gasteiger partial charge in [0.25, 0.3) is 0 Å². The zero-order valence-corrected chi connectivity index (χ0v) is 24.2. The van der Waals surface area contributed by atoms with Crippen LogP contribution in [0.1, 0.15) is 53.5 Å². The van der Waals surface area contributed by atoms with Gasteiger partial charge in [-0.2, -0.15) is 0 Å². The van der Waals surface area contributed by atoms with E-state index in [1.165, 1.54) is 16.3 Å². The number of halogens is 1. The zero-order valence-electron chi connectivity index (χ0n) is 22.6. The van der Waals surface area contributed by atoms with Gasteiger partial charge in [-0.15, -0.1) is 0 Å². The van der Waals surface area contributed by atoms with Crippen molar-refractivity contribution in [3.63, 3.8) is 0 Å². The fourth-order valence-corrected chi connectivity index (χ4v) is 5.66. The van der Waals surface area contributed by atoms with Crippen LogP contribution in [0.2, 0.25) is 0 Å². The Morgan fingerprint density at radius 3 is 2.66 bits per heavy atom. The molecule has 38 heavy (non-hydrogen) atoms. The predicted molar refractivity (Wildman–Crippen MR) is 167 cm³/mol. The van der Waals surface area contributed by atoms with Crippen molar-refractivity contribution in [2.75, 3.05) is 27.7 Å². The van der Waals surface area contributed by atoms with Crippen molar-refractivity contribution >= 4 is 38.9 Å². The number of ether oxygens (including phenoxy) is 1. The lowest BCUT2D eigenvalue weighted by molar-refractivity contribution is 0.353. The quantitative estimate of drug-likeness (QED) is 0.216. The third-order valence-electron chi connectivity index (χ3n) is 7.05. The average molecular weight is 570 g/mol. The Labute approximate surface area is 236 Å². The SMILES string of the molecule is C=C/C=C\C=C/C[C@H](c1cc2c(nc1OC)C=CCC(Br)=C2)[C@@H](CCN(C)C)c1cccc2ccccc12. The van der Waals surface area contributed by atoms with Gasteiger partial charge in [0.2, 0.25) is 5.88 Å². The summed E-state index contributed by atoms with van der Waals surface area (Å²) >= 11 is 3.72. The lowest BCUT2D eigenvalue weighted by Crippen LogP contribution is -2.21. The summed E-state index contributed by atoms with van der Waals surface area (Å²) in [4.78, 5) is 7.27. The zero-order chi connectivity index (χ0) is 26.9. The van der Waals surface area contributed by atoms with Gasteiger partial charge in [-0.25, -0.2) is 4.98 Å². The Hall–Kier alpha value is -3.21. The highest BCUT2D eigenvalue weighted by Gasteiger charge is 2.29. The standard InChI is InChI=1S/C34H37BrN2O/c1-5-6-7-8-9-18-30(32-24-26-23-27(35)16-13-20-33(26)36-34(32)38-4)31(21-22-37(2)3)29-19-12-15-25-14-10-11-17-28(25)29/h5-15,17,19-20,23-24,30-31H,1,16,18,21-22H2,2-4H3/b7-6-,9-8-/t30-,31-/m0/s1. The van der Waals surface area contributed by atoms with Crippen LogP contribution in [0.25, 0.3) is 22.9 Å². The van der Waals surface area contributed by atoms with Crippen LogP contribution in [-0.4, -0.2) is 37.6 Å². The molecule has 3 nitrogen and oxygen atoms in total. The van der Waals surface area contributed by atoms with Gasteiger partial charge in [0.15, 0.2) is 0 Å². The molecule has 0 radical (unpaired) electrons. The molecule has 1 heterocycles. The number of allylic oxidation sites excluding steroid dienone is 7. The Morgan fingerprint density at radius 1 is 1.05 bits per heavy atom. The van der Waals surface area contributed by atoms with Gasteiger partial charge in [-0.1, -0.05) is 101 Å². The third-order valence-corrected chi connectivity index (χ3v) is 7.60. The number of pyridine rings is 1. The first kappa shape index (κ1) is 27.8. The van der Waals surface area contributed by atoms with Crippen LogP contribution in [0.3, 0.4) is 0 Å². The molecule has 0 spiro atoms. The van der Waals surface area contributed by atoms with Crippen molar-refractivity contribution < 1.29 is 4.74 Å². The monoisotopic (exact) mass is 568 g/mol. The van der Waals surface area contributed by atoms with Crippen molar-refractivity contribution in [1.29, 1.82) is 0 Å². The molecule has 1 aliphatic rings. The molecule has 0 bridgehead atoms. The largest absolute Gasteiger partial charge is 0.481 e. The van der Waals surface area contributed by atoms with E-state index in [9.17, 15) is 0 Å². The van der Waals surface area contributed by atoms with Gasteiger partial charge in [0, 0.05) is 11.1 Å². The summed E-state index contributed by atoms with van der Waals surface area (Å²) < 4.78 is 7.11. The summed E-state index contributed by atoms with van der Waals surface area (Å²) in [6.07, 6.45) is 19.3. The molecule has 2 aromatic carbocycles. The van der Waals surface area contributed by atoms with Gasteiger partial charge in [0.1, 0.15) is 0 Å². The second-order valence-electron chi connectivity index (χ2n) is 9.92. The minimum atomic E-state index is 0.168. The van der Waals surface area contributed by atoms with Crippen LogP contribution in [0.15, 0.2) is 96.0 Å². The number of methoxy groups -OCH3 is 1. The topological polar surface area (TPSA) is 25.4 Å². The van der Waals surface area contributed by atoms with E-state index in [0.29, 0.717) is 5.88 Å². The van der Waals surface area contributed by atoms with Crippen LogP contribution >= 0.6 is 15.9 Å². The van der Waals surface area contributed by atoms with E-state index in [2.05, 4.69) is 120 Å². The molecule has 0 unspecified atom stereocenters. The first-order chi connectivity index (χ1) is 18.5. The van der Waals surface area contributed by atoms with Gasteiger partial charge in [0.05, 0.1) is 12.8 Å². The van der Waals surface area contributed by atoms with Crippen molar-refractivity contribution in [2.24, 2.45) is 0 Å². The number of nitrogens with zero attached hydrogens (tertiary/aromatic N) is 2. The van der Waals surface area contributed by atoms with Crippen LogP contribution in [0.5, 0.6) is 5.88 Å². The highest BCUT2D eigenvalue weighted by atomic mass is 79.9. The molecule has 1 aromatic heterocycles. The fraction of sp³-hybridized carbons (Fsp3) is 0.265. The molecule has 3 aromatic rings. The highest BCUT2D eigenvalue weighted by Crippen LogP contribution is 2.45. The molecule has 1 aliphatic carbocycles. The number of hydrogen-bond donors (Lipinski definition) is 0. The summed E-state index contributed by atoms with van der Waals surface area (Å²) in [7, 11) is 6.03. The molecule has 196 valence electrons. The van der Waals surface area contributed by atoms with Crippen molar-refractivity contribution in [3.05, 3.63) is 118 Å². The van der Waals surface area contributed by atoms with E-state index in [4.69, 9.17) is 9.72 Å². The molecular formula is C34H37BrN2O. The van der Waals surface area contributed by atoms with Crippen LogP contribution in [-0.2, 0) is 0 Å². The minimum Gasteiger partial charge on any atom is -0.481 e. The van der Waals surface area contributed by atoms with Gasteiger partial charge >= 0.3 is 0 Å². The first-order valence-electron chi connectivity index (χ1n) is 13.2. The summed E-state index contributed by atoms with van der Waals surface area (Å²) in [6.45, 7) is 4.78. The third kappa shape index (κ3) is 6.80. The summed E-state index contributed by atoms with van der Waals surface area (Å²) in [5.41, 5.74) is 4.58. The second-order valence-corrected chi connectivity index (χ2v) is 10.9. The molecule has 0 N–H and O–H groups in total. The van der Waals surface area contributed by atoms with Crippen molar-refractivity contribution in [1.82, 2.24) is 9.88 Å². The summed E-state index contributed by atoms with van der Waals surface area (Å²) in [6, 6.07) is 17.7. The molecular weight excluding hydrogens is 532 g/mol. The molecule has 0 fully saturated rings. The van der Waals surface area contributed by atoms with Crippen LogP contribution < -0.4 is 4.74 Å². The molecule has 4 rings (SSSR count). The Balaban J connectivity index is 1.91. The normalized spacial score (nSPS) is 15.0. The minimum absolute atomic E-state index is 0.168. The predicted octanol–water partition coefficient (Wildman–Crippen LogP) is 8.90. The van der Waals surface area contributed by atoms with E-state index in [1.807, 2.05) is 12.2 Å². The van der Waals surface area contributed by atoms with E-state index in [0.717, 1.165) is 47.1 Å². The lowest BCUT2D eigenvalue weighted by atomic mass is 9.76. The Morgan fingerprint density at radius 2 is 1.87 bits per heavy atom. The van der Waals surface area contributed by atoms with Crippen LogP contribution in [0, 0.1) is 0 Å². The maximum atomic E-state index is 5.96. The first-order valence-corrected chi connectivity index (χ1v) is 14.0. The average Bonchev–Trinajstić information content (AvgIpc) is 3.10. The summed E-state index contributed by atoms with van der Waals surface area (Å²) in [5, 5.41) is 2.58. The maximum Gasteiger partial charge on any atom is 0.217 e. The Kier molecular flexibility index (Phi) is 9.91. The van der Waals surface area contributed by atoms with E-state index in [-0.39, 0.29) is 11.8 Å². The van der Waals surface area contributed by atoms with Gasteiger partial charge in [-0.05, 0) is 90.8 Å². The smallest absolute Gasteiger partial charge is 0.217 e. The fourth-order valence-electron chi connectivity index (χ4n) is 5.23. The number of fused-ring (bicyclic) bond motifs is 2. The lowest BCUT2D eigenvalue weighted by Gasteiger charge is -2.30. The Bertz CT molecular complexity index is 1380. The van der Waals surface area contributed by atoms with E-state index in [1.54, 1.807) is 13.2 Å².